The van der Waals surface area contributed by atoms with Crippen LogP contribution in [-0.4, -0.2) is 26.1 Å². The van der Waals surface area contributed by atoms with Crippen molar-refractivity contribution in [2.75, 3.05) is 25.5 Å². The highest BCUT2D eigenvalue weighted by Gasteiger charge is 2.08. The molecule has 0 aliphatic heterocycles. The van der Waals surface area contributed by atoms with Gasteiger partial charge in [-0.3, -0.25) is 4.79 Å². The van der Waals surface area contributed by atoms with Crippen LogP contribution >= 0.6 is 11.6 Å². The number of amides is 1. The van der Waals surface area contributed by atoms with Gasteiger partial charge in [0.25, 0.3) is 5.91 Å². The number of ether oxygens (including phenoxy) is 1. The fraction of sp³-hybridized carbons (Fsp3) is 0.188. The number of anilines is 1. The van der Waals surface area contributed by atoms with Crippen LogP contribution in [0, 0.1) is 5.82 Å². The van der Waals surface area contributed by atoms with E-state index in [4.69, 9.17) is 16.3 Å². The summed E-state index contributed by atoms with van der Waals surface area (Å²) in [7, 11) is 1.55. The molecule has 0 atom stereocenters. The lowest BCUT2D eigenvalue weighted by Gasteiger charge is -2.10. The van der Waals surface area contributed by atoms with Gasteiger partial charge in [0.1, 0.15) is 6.61 Å². The van der Waals surface area contributed by atoms with Gasteiger partial charge in [-0.1, -0.05) is 23.7 Å². The van der Waals surface area contributed by atoms with Gasteiger partial charge < -0.3 is 15.4 Å². The Balaban J connectivity index is 1.86. The van der Waals surface area contributed by atoms with Gasteiger partial charge >= 0.3 is 0 Å². The molecule has 6 heteroatoms. The van der Waals surface area contributed by atoms with Crippen molar-refractivity contribution in [3.63, 3.8) is 0 Å². The molecule has 2 aromatic rings. The minimum absolute atomic E-state index is 0.220. The molecule has 0 saturated carbocycles. The molecule has 0 fully saturated rings. The van der Waals surface area contributed by atoms with Gasteiger partial charge in [-0.05, 0) is 30.3 Å². The van der Waals surface area contributed by atoms with Crippen molar-refractivity contribution in [3.8, 4) is 5.75 Å². The fourth-order valence-electron chi connectivity index (χ4n) is 1.86. The molecule has 2 rings (SSSR count). The summed E-state index contributed by atoms with van der Waals surface area (Å²) in [4.78, 5) is 11.5. The molecule has 116 valence electrons. The maximum atomic E-state index is 13.3. The minimum Gasteiger partial charge on any atom is -0.489 e. The number of carbonyl (C=O) groups is 1. The third-order valence-electron chi connectivity index (χ3n) is 2.97. The average Bonchev–Trinajstić information content (AvgIpc) is 2.52. The number of hydrogen-bond donors (Lipinski definition) is 2. The molecule has 0 aliphatic carbocycles. The summed E-state index contributed by atoms with van der Waals surface area (Å²) >= 11 is 6.05. The quantitative estimate of drug-likeness (QED) is 0.802. The van der Waals surface area contributed by atoms with E-state index in [1.807, 2.05) is 0 Å². The van der Waals surface area contributed by atoms with Gasteiger partial charge in [0.15, 0.2) is 11.6 Å². The first-order chi connectivity index (χ1) is 10.6. The van der Waals surface area contributed by atoms with Crippen molar-refractivity contribution in [2.45, 2.75) is 0 Å². The fourth-order valence-corrected chi connectivity index (χ4v) is 2.13. The van der Waals surface area contributed by atoms with E-state index >= 15 is 0 Å². The smallest absolute Gasteiger partial charge is 0.252 e. The van der Waals surface area contributed by atoms with Crippen LogP contribution in [0.1, 0.15) is 10.4 Å². The number of para-hydroxylation sites is 1. The first-order valence-electron chi connectivity index (χ1n) is 6.74. The second kappa shape index (κ2) is 7.66. The van der Waals surface area contributed by atoms with E-state index in [0.717, 1.165) is 5.69 Å². The molecule has 0 unspecified atom stereocenters. The summed E-state index contributed by atoms with van der Waals surface area (Å²) in [6.07, 6.45) is 0. The normalized spacial score (nSPS) is 10.1. The summed E-state index contributed by atoms with van der Waals surface area (Å²) in [5, 5.41) is 5.97. The van der Waals surface area contributed by atoms with Crippen LogP contribution < -0.4 is 15.4 Å². The summed E-state index contributed by atoms with van der Waals surface area (Å²) < 4.78 is 18.7. The van der Waals surface area contributed by atoms with E-state index in [9.17, 15) is 9.18 Å². The van der Waals surface area contributed by atoms with Crippen molar-refractivity contribution in [1.82, 2.24) is 5.32 Å². The zero-order chi connectivity index (χ0) is 15.9. The van der Waals surface area contributed by atoms with Crippen molar-refractivity contribution in [1.29, 1.82) is 0 Å². The molecule has 0 aliphatic rings. The zero-order valence-corrected chi connectivity index (χ0v) is 12.8. The summed E-state index contributed by atoms with van der Waals surface area (Å²) in [5.41, 5.74) is 1.17. The van der Waals surface area contributed by atoms with Gasteiger partial charge in [0, 0.05) is 19.3 Å². The van der Waals surface area contributed by atoms with Crippen molar-refractivity contribution in [3.05, 3.63) is 58.9 Å². The maximum absolute atomic E-state index is 13.3. The number of hydrogen-bond acceptors (Lipinski definition) is 3. The first kappa shape index (κ1) is 16.1. The van der Waals surface area contributed by atoms with E-state index < -0.39 is 0 Å². The Morgan fingerprint density at radius 1 is 1.27 bits per heavy atom. The van der Waals surface area contributed by atoms with E-state index in [1.165, 1.54) is 6.07 Å². The number of benzene rings is 2. The SMILES string of the molecule is CNC(=O)c1ccc(NCCOc2ccccc2F)cc1Cl. The number of halogens is 2. The van der Waals surface area contributed by atoms with E-state index in [1.54, 1.807) is 43.4 Å². The number of nitrogens with one attached hydrogen (secondary N) is 2. The predicted octanol–water partition coefficient (Wildman–Crippen LogP) is 3.33. The lowest BCUT2D eigenvalue weighted by Crippen LogP contribution is -2.18. The van der Waals surface area contributed by atoms with Crippen LogP contribution in [0.2, 0.25) is 5.02 Å². The van der Waals surface area contributed by atoms with Gasteiger partial charge in [-0.15, -0.1) is 0 Å². The lowest BCUT2D eigenvalue weighted by atomic mass is 10.2. The maximum Gasteiger partial charge on any atom is 0.252 e. The molecule has 0 heterocycles. The highest BCUT2D eigenvalue weighted by atomic mass is 35.5. The molecule has 1 amide bonds. The lowest BCUT2D eigenvalue weighted by molar-refractivity contribution is 0.0963. The second-order valence-electron chi connectivity index (χ2n) is 4.48. The number of rotatable bonds is 6. The molecule has 22 heavy (non-hydrogen) atoms. The third kappa shape index (κ3) is 4.11. The molecule has 2 aromatic carbocycles. The van der Waals surface area contributed by atoms with Crippen LogP contribution in [-0.2, 0) is 0 Å². The Labute approximate surface area is 133 Å². The zero-order valence-electron chi connectivity index (χ0n) is 12.0. The van der Waals surface area contributed by atoms with E-state index in [0.29, 0.717) is 23.7 Å². The Kier molecular flexibility index (Phi) is 5.61. The van der Waals surface area contributed by atoms with E-state index in [2.05, 4.69) is 10.6 Å². The molecule has 0 spiro atoms. The standard InChI is InChI=1S/C16H16ClFN2O2/c1-19-16(21)12-7-6-11(10-13(12)17)20-8-9-22-15-5-3-2-4-14(15)18/h2-7,10,20H,8-9H2,1H3,(H,19,21). The molecule has 0 radical (unpaired) electrons. The topological polar surface area (TPSA) is 50.4 Å². The van der Waals surface area contributed by atoms with Crippen LogP contribution in [0.25, 0.3) is 0 Å². The Morgan fingerprint density at radius 3 is 2.73 bits per heavy atom. The van der Waals surface area contributed by atoms with Gasteiger partial charge in [0.05, 0.1) is 10.6 Å². The third-order valence-corrected chi connectivity index (χ3v) is 3.28. The minimum atomic E-state index is -0.388. The molecular formula is C16H16ClFN2O2. The Morgan fingerprint density at radius 2 is 2.05 bits per heavy atom. The number of carbonyl (C=O) groups excluding carboxylic acids is 1. The second-order valence-corrected chi connectivity index (χ2v) is 4.89. The van der Waals surface area contributed by atoms with Gasteiger partial charge in [-0.2, -0.15) is 0 Å². The van der Waals surface area contributed by atoms with Gasteiger partial charge in [0.2, 0.25) is 0 Å². The van der Waals surface area contributed by atoms with Gasteiger partial charge in [-0.25, -0.2) is 4.39 Å². The van der Waals surface area contributed by atoms with Crippen LogP contribution in [0.3, 0.4) is 0 Å². The molecule has 0 bridgehead atoms. The Hall–Kier alpha value is -2.27. The average molecular weight is 323 g/mol. The van der Waals surface area contributed by atoms with Crippen LogP contribution in [0.5, 0.6) is 5.75 Å². The van der Waals surface area contributed by atoms with Crippen LogP contribution in [0.15, 0.2) is 42.5 Å². The van der Waals surface area contributed by atoms with Crippen molar-refractivity contribution < 1.29 is 13.9 Å². The predicted molar refractivity (Wildman–Crippen MR) is 85.2 cm³/mol. The molecular weight excluding hydrogens is 307 g/mol. The van der Waals surface area contributed by atoms with Crippen molar-refractivity contribution in [2.24, 2.45) is 0 Å². The van der Waals surface area contributed by atoms with Crippen molar-refractivity contribution >= 4 is 23.2 Å². The highest BCUT2D eigenvalue weighted by molar-refractivity contribution is 6.34. The molecule has 0 saturated heterocycles. The molecule has 2 N–H and O–H groups in total. The van der Waals surface area contributed by atoms with E-state index in [-0.39, 0.29) is 17.5 Å². The summed E-state index contributed by atoms with van der Waals surface area (Å²) in [5.74, 6) is -0.405. The monoisotopic (exact) mass is 322 g/mol. The highest BCUT2D eigenvalue weighted by Crippen LogP contribution is 2.21. The molecule has 0 aromatic heterocycles. The van der Waals surface area contributed by atoms with Crippen LogP contribution in [0.4, 0.5) is 10.1 Å². The summed E-state index contributed by atoms with van der Waals surface area (Å²) in [6.45, 7) is 0.778. The summed E-state index contributed by atoms with van der Waals surface area (Å²) in [6, 6.07) is 11.3. The Bertz CT molecular complexity index is 664. The largest absolute Gasteiger partial charge is 0.489 e. The molecule has 4 nitrogen and oxygen atoms in total. The first-order valence-corrected chi connectivity index (χ1v) is 7.12.